The van der Waals surface area contributed by atoms with Gasteiger partial charge in [-0.05, 0) is 30.5 Å². The monoisotopic (exact) mass is 368 g/mol. The Bertz CT molecular complexity index is 943. The number of imidazole rings is 1. The van der Waals surface area contributed by atoms with E-state index in [1.165, 1.54) is 0 Å². The normalized spacial score (nSPS) is 12.2. The number of urea groups is 1. The first-order chi connectivity index (χ1) is 12.8. The van der Waals surface area contributed by atoms with E-state index in [1.54, 1.807) is 13.1 Å². The van der Waals surface area contributed by atoms with Gasteiger partial charge in [0.2, 0.25) is 11.8 Å². The number of aromatic nitrogens is 4. The molecule has 0 radical (unpaired) electrons. The Morgan fingerprint density at radius 1 is 1.22 bits per heavy atom. The van der Waals surface area contributed by atoms with Crippen LogP contribution < -0.4 is 10.6 Å². The number of rotatable bonds is 5. The first kappa shape index (κ1) is 18.6. The van der Waals surface area contributed by atoms with E-state index in [9.17, 15) is 4.79 Å². The highest BCUT2D eigenvalue weighted by Crippen LogP contribution is 2.25. The van der Waals surface area contributed by atoms with Crippen LogP contribution in [0.1, 0.15) is 37.2 Å². The highest BCUT2D eigenvalue weighted by atomic mass is 16.4. The zero-order valence-corrected chi connectivity index (χ0v) is 16.1. The Hall–Kier alpha value is -3.16. The Balaban J connectivity index is 1.78. The molecule has 0 fully saturated rings. The Labute approximate surface area is 158 Å². The van der Waals surface area contributed by atoms with Gasteiger partial charge < -0.3 is 19.6 Å². The molecule has 8 heteroatoms. The highest BCUT2D eigenvalue weighted by molar-refractivity contribution is 5.91. The van der Waals surface area contributed by atoms with Crippen LogP contribution in [0.5, 0.6) is 0 Å². The molecule has 0 saturated carbocycles. The third-order valence-electron chi connectivity index (χ3n) is 4.35. The number of anilines is 1. The molecule has 2 heterocycles. The number of nitrogens with zero attached hydrogens (tertiary/aromatic N) is 4. The predicted molar refractivity (Wildman–Crippen MR) is 102 cm³/mol. The minimum Gasteiger partial charge on any atom is -0.421 e. The lowest BCUT2D eigenvalue weighted by molar-refractivity contribution is 0.243. The van der Waals surface area contributed by atoms with Gasteiger partial charge in [-0.1, -0.05) is 19.9 Å². The van der Waals surface area contributed by atoms with Gasteiger partial charge in [0.25, 0.3) is 0 Å². The topological polar surface area (TPSA) is 97.9 Å². The summed E-state index contributed by atoms with van der Waals surface area (Å²) in [4.78, 5) is 17.0. The largest absolute Gasteiger partial charge is 0.421 e. The smallest absolute Gasteiger partial charge is 0.319 e. The quantitative estimate of drug-likeness (QED) is 0.717. The van der Waals surface area contributed by atoms with Gasteiger partial charge in [-0.2, -0.15) is 0 Å². The van der Waals surface area contributed by atoms with Gasteiger partial charge >= 0.3 is 6.03 Å². The third kappa shape index (κ3) is 4.16. The van der Waals surface area contributed by atoms with Crippen LogP contribution >= 0.6 is 0 Å². The van der Waals surface area contributed by atoms with E-state index < -0.39 is 0 Å². The maximum Gasteiger partial charge on any atom is 0.319 e. The van der Waals surface area contributed by atoms with Crippen molar-refractivity contribution in [3.63, 3.8) is 0 Å². The van der Waals surface area contributed by atoms with Gasteiger partial charge in [0.15, 0.2) is 0 Å². The Kier molecular flexibility index (Phi) is 5.25. The summed E-state index contributed by atoms with van der Waals surface area (Å²) in [6, 6.07) is 5.12. The van der Waals surface area contributed by atoms with Crippen LogP contribution in [-0.2, 0) is 7.05 Å². The van der Waals surface area contributed by atoms with Crippen molar-refractivity contribution in [2.75, 3.05) is 5.32 Å². The molecule has 0 aliphatic carbocycles. The molecule has 0 spiro atoms. The molecule has 3 rings (SSSR count). The summed E-state index contributed by atoms with van der Waals surface area (Å²) in [6.45, 7) is 7.75. The lowest BCUT2D eigenvalue weighted by atomic mass is 10.0. The zero-order chi connectivity index (χ0) is 19.6. The molecule has 1 aromatic carbocycles. The Morgan fingerprint density at radius 2 is 2.00 bits per heavy atom. The molecule has 1 atom stereocenters. The molecule has 0 aliphatic rings. The van der Waals surface area contributed by atoms with Crippen molar-refractivity contribution in [1.82, 2.24) is 25.1 Å². The number of aryl methyl sites for hydroxylation is 3. The maximum atomic E-state index is 12.6. The summed E-state index contributed by atoms with van der Waals surface area (Å²) in [7, 11) is 1.91. The molecule has 142 valence electrons. The molecule has 0 saturated heterocycles. The van der Waals surface area contributed by atoms with Crippen LogP contribution in [0.4, 0.5) is 10.5 Å². The lowest BCUT2D eigenvalue weighted by Crippen LogP contribution is -2.36. The number of carbonyl (C=O) groups is 1. The van der Waals surface area contributed by atoms with E-state index in [2.05, 4.69) is 25.8 Å². The molecule has 0 unspecified atom stereocenters. The predicted octanol–water partition coefficient (Wildman–Crippen LogP) is 3.61. The highest BCUT2D eigenvalue weighted by Gasteiger charge is 2.22. The van der Waals surface area contributed by atoms with E-state index in [0.717, 1.165) is 17.0 Å². The molecule has 2 amide bonds. The first-order valence-electron chi connectivity index (χ1n) is 8.81. The first-order valence-corrected chi connectivity index (χ1v) is 8.81. The molecule has 2 aromatic heterocycles. The summed E-state index contributed by atoms with van der Waals surface area (Å²) in [5, 5.41) is 13.8. The fourth-order valence-electron chi connectivity index (χ4n) is 2.81. The van der Waals surface area contributed by atoms with Gasteiger partial charge in [-0.3, -0.25) is 0 Å². The second-order valence-electron chi connectivity index (χ2n) is 6.87. The zero-order valence-electron chi connectivity index (χ0n) is 16.1. The fraction of sp³-hybridized carbons (Fsp3) is 0.368. The number of hydrogen-bond acceptors (Lipinski definition) is 5. The summed E-state index contributed by atoms with van der Waals surface area (Å²) in [5.41, 5.74) is 2.37. The molecular formula is C19H24N6O2. The van der Waals surface area contributed by atoms with Gasteiger partial charge in [-0.25, -0.2) is 9.78 Å². The number of amides is 2. The van der Waals surface area contributed by atoms with E-state index in [4.69, 9.17) is 4.42 Å². The molecular weight excluding hydrogens is 344 g/mol. The number of hydrogen-bond donors (Lipinski definition) is 2. The van der Waals surface area contributed by atoms with E-state index in [-0.39, 0.29) is 18.0 Å². The fourth-order valence-corrected chi connectivity index (χ4v) is 2.81. The molecule has 2 N–H and O–H groups in total. The molecule has 0 aliphatic heterocycles. The number of benzene rings is 1. The minimum atomic E-state index is -0.293. The van der Waals surface area contributed by atoms with Crippen LogP contribution in [0.3, 0.4) is 0 Å². The SMILES string of the molecule is Cc1nnc(-c2ccc(C)c(NC(=O)N[C@H](c3nccn3C)C(C)C)c2)o1. The summed E-state index contributed by atoms with van der Waals surface area (Å²) < 4.78 is 7.38. The number of carbonyl (C=O) groups excluding carboxylic acids is 1. The van der Waals surface area contributed by atoms with Crippen molar-refractivity contribution < 1.29 is 9.21 Å². The number of nitrogens with one attached hydrogen (secondary N) is 2. The van der Waals surface area contributed by atoms with Crippen molar-refractivity contribution in [2.45, 2.75) is 33.7 Å². The standard InChI is InChI=1S/C19H24N6O2/c1-11(2)16(17-20-8-9-25(17)5)22-19(26)21-15-10-14(7-6-12(15)3)18-24-23-13(4)27-18/h6-11,16H,1-5H3,(H2,21,22,26)/t16-/m0/s1. The van der Waals surface area contributed by atoms with Crippen LogP contribution in [-0.4, -0.2) is 25.8 Å². The van der Waals surface area contributed by atoms with Crippen LogP contribution in [0.25, 0.3) is 11.5 Å². The van der Waals surface area contributed by atoms with Crippen molar-refractivity contribution in [3.8, 4) is 11.5 Å². The summed E-state index contributed by atoms with van der Waals surface area (Å²) >= 11 is 0. The third-order valence-corrected chi connectivity index (χ3v) is 4.35. The van der Waals surface area contributed by atoms with Gasteiger partial charge in [0, 0.05) is 37.6 Å². The van der Waals surface area contributed by atoms with Crippen molar-refractivity contribution >= 4 is 11.7 Å². The van der Waals surface area contributed by atoms with Gasteiger partial charge in [0.05, 0.1) is 6.04 Å². The summed E-state index contributed by atoms with van der Waals surface area (Å²) in [6.07, 6.45) is 3.59. The van der Waals surface area contributed by atoms with Crippen LogP contribution in [0, 0.1) is 19.8 Å². The van der Waals surface area contributed by atoms with Crippen molar-refractivity contribution in [2.24, 2.45) is 13.0 Å². The summed E-state index contributed by atoms with van der Waals surface area (Å²) in [5.74, 6) is 1.91. The van der Waals surface area contributed by atoms with E-state index >= 15 is 0 Å². The van der Waals surface area contributed by atoms with Crippen molar-refractivity contribution in [1.29, 1.82) is 0 Å². The van der Waals surface area contributed by atoms with Crippen LogP contribution in [0.15, 0.2) is 35.0 Å². The second kappa shape index (κ2) is 7.61. The molecule has 8 nitrogen and oxygen atoms in total. The van der Waals surface area contributed by atoms with E-state index in [0.29, 0.717) is 17.5 Å². The van der Waals surface area contributed by atoms with Gasteiger partial charge in [0.1, 0.15) is 5.82 Å². The van der Waals surface area contributed by atoms with Crippen LogP contribution in [0.2, 0.25) is 0 Å². The molecule has 0 bridgehead atoms. The Morgan fingerprint density at radius 3 is 2.59 bits per heavy atom. The van der Waals surface area contributed by atoms with Gasteiger partial charge in [-0.15, -0.1) is 10.2 Å². The average Bonchev–Trinajstić information content (AvgIpc) is 3.23. The average molecular weight is 368 g/mol. The minimum absolute atomic E-state index is 0.186. The maximum absolute atomic E-state index is 12.6. The van der Waals surface area contributed by atoms with Crippen molar-refractivity contribution in [3.05, 3.63) is 47.9 Å². The van der Waals surface area contributed by atoms with E-state index in [1.807, 2.05) is 56.8 Å². The lowest BCUT2D eigenvalue weighted by Gasteiger charge is -2.22. The molecule has 27 heavy (non-hydrogen) atoms. The second-order valence-corrected chi connectivity index (χ2v) is 6.87. The molecule has 3 aromatic rings.